The number of fused-ring (bicyclic) bond motifs is 3. The highest BCUT2D eigenvalue weighted by Crippen LogP contribution is 2.37. The first-order valence-corrected chi connectivity index (χ1v) is 7.28. The van der Waals surface area contributed by atoms with Crippen molar-refractivity contribution in [2.24, 2.45) is 0 Å². The number of H-pyrrole nitrogens is 1. The lowest BCUT2D eigenvalue weighted by Gasteiger charge is -2.21. The fraction of sp³-hybridized carbons (Fsp3) is 0.467. The van der Waals surface area contributed by atoms with E-state index in [9.17, 15) is 9.59 Å². The van der Waals surface area contributed by atoms with E-state index in [4.69, 9.17) is 4.74 Å². The molecule has 2 aromatic rings. The fourth-order valence-electron chi connectivity index (χ4n) is 3.74. The van der Waals surface area contributed by atoms with Crippen LogP contribution in [0.5, 0.6) is 0 Å². The Kier molecular flexibility index (Phi) is 2.68. The topological polar surface area (TPSA) is 67.3 Å². The second kappa shape index (κ2) is 4.46. The van der Waals surface area contributed by atoms with Crippen LogP contribution >= 0.6 is 0 Å². The Bertz CT molecular complexity index is 763. The molecule has 6 nitrogen and oxygen atoms in total. The number of aromatic amines is 1. The van der Waals surface area contributed by atoms with Gasteiger partial charge in [-0.15, -0.1) is 0 Å². The summed E-state index contributed by atoms with van der Waals surface area (Å²) in [5.74, 6) is 0. The summed E-state index contributed by atoms with van der Waals surface area (Å²) in [6.45, 7) is 0. The first kappa shape index (κ1) is 12.6. The van der Waals surface area contributed by atoms with Crippen LogP contribution < -0.4 is 5.69 Å². The Morgan fingerprint density at radius 1 is 1.33 bits per heavy atom. The molecule has 2 saturated heterocycles. The lowest BCUT2D eigenvalue weighted by Crippen LogP contribution is -2.35. The number of hydrogen-bond donors (Lipinski definition) is 1. The van der Waals surface area contributed by atoms with Gasteiger partial charge in [0.25, 0.3) is 0 Å². The lowest BCUT2D eigenvalue weighted by atomic mass is 9.98. The van der Waals surface area contributed by atoms with Gasteiger partial charge in [-0.25, -0.2) is 9.59 Å². The average molecular weight is 287 g/mol. The van der Waals surface area contributed by atoms with Gasteiger partial charge in [0, 0.05) is 18.5 Å². The van der Waals surface area contributed by atoms with E-state index in [-0.39, 0.29) is 6.10 Å². The number of likely N-dealkylation sites (N-methyl/N-ethyl adjacent to an activating group) is 1. The Hall–Kier alpha value is -2.08. The molecule has 2 aliphatic heterocycles. The number of para-hydroxylation sites is 2. The van der Waals surface area contributed by atoms with Crippen molar-refractivity contribution in [2.75, 3.05) is 7.05 Å². The molecule has 2 fully saturated rings. The van der Waals surface area contributed by atoms with Gasteiger partial charge in [-0.05, 0) is 32.0 Å². The zero-order chi connectivity index (χ0) is 14.6. The van der Waals surface area contributed by atoms with Crippen LogP contribution in [0.2, 0.25) is 0 Å². The second-order valence-corrected chi connectivity index (χ2v) is 5.90. The van der Waals surface area contributed by atoms with Crippen molar-refractivity contribution in [1.29, 1.82) is 0 Å². The van der Waals surface area contributed by atoms with E-state index in [1.54, 1.807) is 18.2 Å². The van der Waals surface area contributed by atoms with Crippen molar-refractivity contribution in [2.45, 2.75) is 37.5 Å². The van der Waals surface area contributed by atoms with Crippen molar-refractivity contribution in [3.63, 3.8) is 0 Å². The van der Waals surface area contributed by atoms with Gasteiger partial charge in [0.1, 0.15) is 6.10 Å². The third-order valence-corrected chi connectivity index (χ3v) is 4.85. The van der Waals surface area contributed by atoms with Crippen molar-refractivity contribution >= 4 is 17.1 Å². The standard InChI is InChI=1S/C15H17N3O3/c1-17-9-6-7-12(17)13(8-9)21-15(20)18-11-5-3-2-4-10(11)16-14(18)19/h2-5,9,12-13H,6-8H2,1H3,(H,16,19)/t9-,12+,13+/m0/s1. The number of nitrogens with one attached hydrogen (secondary N) is 1. The van der Waals surface area contributed by atoms with Crippen LogP contribution in [-0.4, -0.2) is 45.8 Å². The largest absolute Gasteiger partial charge is 0.444 e. The summed E-state index contributed by atoms with van der Waals surface area (Å²) < 4.78 is 6.70. The van der Waals surface area contributed by atoms with Gasteiger partial charge < -0.3 is 9.72 Å². The molecule has 2 aliphatic rings. The van der Waals surface area contributed by atoms with Crippen LogP contribution in [0.3, 0.4) is 0 Å². The van der Waals surface area contributed by atoms with E-state index in [0.29, 0.717) is 23.1 Å². The van der Waals surface area contributed by atoms with Gasteiger partial charge >= 0.3 is 11.8 Å². The number of imidazole rings is 1. The summed E-state index contributed by atoms with van der Waals surface area (Å²) in [5.41, 5.74) is 0.756. The van der Waals surface area contributed by atoms with E-state index in [0.717, 1.165) is 17.4 Å². The van der Waals surface area contributed by atoms with Gasteiger partial charge in [-0.1, -0.05) is 12.1 Å². The van der Waals surface area contributed by atoms with Crippen LogP contribution in [-0.2, 0) is 4.74 Å². The van der Waals surface area contributed by atoms with Crippen LogP contribution in [0.4, 0.5) is 4.79 Å². The van der Waals surface area contributed by atoms with Crippen molar-refractivity contribution in [3.05, 3.63) is 34.7 Å². The Morgan fingerprint density at radius 3 is 2.86 bits per heavy atom. The summed E-state index contributed by atoms with van der Waals surface area (Å²) >= 11 is 0. The predicted molar refractivity (Wildman–Crippen MR) is 77.4 cm³/mol. The molecule has 1 aromatic carbocycles. The molecular weight excluding hydrogens is 270 g/mol. The monoisotopic (exact) mass is 287 g/mol. The number of rotatable bonds is 1. The minimum atomic E-state index is -0.580. The lowest BCUT2D eigenvalue weighted by molar-refractivity contribution is 0.0763. The molecule has 0 aliphatic carbocycles. The Labute approximate surface area is 121 Å². The van der Waals surface area contributed by atoms with Gasteiger partial charge in [0.15, 0.2) is 0 Å². The van der Waals surface area contributed by atoms with Crippen LogP contribution in [0.15, 0.2) is 29.1 Å². The highest BCUT2D eigenvalue weighted by molar-refractivity contribution is 5.86. The number of nitrogens with zero attached hydrogens (tertiary/aromatic N) is 2. The van der Waals surface area contributed by atoms with Crippen LogP contribution in [0.1, 0.15) is 19.3 Å². The molecule has 0 unspecified atom stereocenters. The number of aromatic nitrogens is 2. The smallest absolute Gasteiger partial charge is 0.423 e. The van der Waals surface area contributed by atoms with Crippen LogP contribution in [0.25, 0.3) is 11.0 Å². The minimum absolute atomic E-state index is 0.109. The third-order valence-electron chi connectivity index (χ3n) is 4.85. The highest BCUT2D eigenvalue weighted by Gasteiger charge is 2.46. The molecule has 4 rings (SSSR count). The molecule has 21 heavy (non-hydrogen) atoms. The normalized spacial score (nSPS) is 28.3. The summed E-state index contributed by atoms with van der Waals surface area (Å²) in [4.78, 5) is 29.3. The van der Waals surface area contributed by atoms with E-state index in [2.05, 4.69) is 16.9 Å². The molecule has 6 heteroatoms. The maximum atomic E-state index is 12.4. The predicted octanol–water partition coefficient (Wildman–Crippen LogP) is 1.55. The quantitative estimate of drug-likeness (QED) is 0.864. The van der Waals surface area contributed by atoms with Gasteiger partial charge in [0.2, 0.25) is 0 Å². The summed E-state index contributed by atoms with van der Waals surface area (Å²) in [6, 6.07) is 7.92. The van der Waals surface area contributed by atoms with Crippen molar-refractivity contribution in [1.82, 2.24) is 14.5 Å². The zero-order valence-electron chi connectivity index (χ0n) is 11.8. The molecule has 3 atom stereocenters. The number of carbonyl (C=O) groups is 1. The first-order valence-electron chi connectivity index (χ1n) is 7.28. The van der Waals surface area contributed by atoms with E-state index < -0.39 is 11.8 Å². The van der Waals surface area contributed by atoms with Crippen molar-refractivity contribution < 1.29 is 9.53 Å². The van der Waals surface area contributed by atoms with Crippen molar-refractivity contribution in [3.8, 4) is 0 Å². The van der Waals surface area contributed by atoms with Gasteiger partial charge in [-0.3, -0.25) is 4.90 Å². The van der Waals surface area contributed by atoms with E-state index in [1.165, 1.54) is 6.42 Å². The number of ether oxygens (including phenoxy) is 1. The van der Waals surface area contributed by atoms with Crippen LogP contribution in [0, 0.1) is 0 Å². The number of carbonyl (C=O) groups excluding carboxylic acids is 1. The molecule has 0 spiro atoms. The molecule has 1 N–H and O–H groups in total. The molecule has 0 radical (unpaired) electrons. The zero-order valence-corrected chi connectivity index (χ0v) is 11.8. The maximum absolute atomic E-state index is 12.4. The molecule has 1 aromatic heterocycles. The molecule has 3 heterocycles. The molecule has 0 amide bonds. The Balaban J connectivity index is 1.63. The molecule has 110 valence electrons. The average Bonchev–Trinajstić information content (AvgIpc) is 3.08. The summed E-state index contributed by atoms with van der Waals surface area (Å²) in [5, 5.41) is 0. The molecule has 2 bridgehead atoms. The molecular formula is C15H17N3O3. The fourth-order valence-corrected chi connectivity index (χ4v) is 3.74. The van der Waals surface area contributed by atoms with Gasteiger partial charge in [-0.2, -0.15) is 4.57 Å². The second-order valence-electron chi connectivity index (χ2n) is 5.90. The number of benzene rings is 1. The maximum Gasteiger partial charge on any atom is 0.423 e. The Morgan fingerprint density at radius 2 is 2.14 bits per heavy atom. The first-order chi connectivity index (χ1) is 10.1. The van der Waals surface area contributed by atoms with E-state index >= 15 is 0 Å². The summed E-state index contributed by atoms with van der Waals surface area (Å²) in [7, 11) is 2.08. The highest BCUT2D eigenvalue weighted by atomic mass is 16.6. The van der Waals surface area contributed by atoms with E-state index in [1.807, 2.05) is 6.07 Å². The third kappa shape index (κ3) is 1.82. The molecule has 0 saturated carbocycles. The summed E-state index contributed by atoms with van der Waals surface area (Å²) in [6.07, 6.45) is 2.40. The number of hydrogen-bond acceptors (Lipinski definition) is 4. The van der Waals surface area contributed by atoms with Gasteiger partial charge in [0.05, 0.1) is 11.0 Å². The minimum Gasteiger partial charge on any atom is -0.444 e. The SMILES string of the molecule is CN1[C@H]2CC[C@@H]1[C@H](OC(=O)n1c(=O)[nH]c3ccccc31)C2.